The summed E-state index contributed by atoms with van der Waals surface area (Å²) in [6.07, 6.45) is 9.39. The fourth-order valence-electron chi connectivity index (χ4n) is 3.46. The monoisotopic (exact) mass is 372 g/mol. The summed E-state index contributed by atoms with van der Waals surface area (Å²) in [5, 5.41) is 13.3. The molecular formula is C17H24N8S. The zero-order valence-electron chi connectivity index (χ0n) is 15.2. The van der Waals surface area contributed by atoms with Crippen LogP contribution in [0.25, 0.3) is 10.7 Å². The highest BCUT2D eigenvalue weighted by Gasteiger charge is 2.24. The fraction of sp³-hybridized carbons (Fsp3) is 0.588. The van der Waals surface area contributed by atoms with E-state index < -0.39 is 0 Å². The van der Waals surface area contributed by atoms with Crippen molar-refractivity contribution in [2.45, 2.75) is 58.5 Å². The number of hydrogen-bond acceptors (Lipinski definition) is 7. The molecule has 0 spiro atoms. The van der Waals surface area contributed by atoms with Crippen LogP contribution in [-0.2, 0) is 6.54 Å². The molecule has 1 saturated carbocycles. The van der Waals surface area contributed by atoms with Gasteiger partial charge in [-0.05, 0) is 26.7 Å². The molecule has 1 N–H and O–H groups in total. The minimum atomic E-state index is 0.417. The van der Waals surface area contributed by atoms with Crippen LogP contribution in [0.4, 0.5) is 5.13 Å². The second-order valence-electron chi connectivity index (χ2n) is 6.64. The van der Waals surface area contributed by atoms with E-state index in [-0.39, 0.29) is 0 Å². The van der Waals surface area contributed by atoms with E-state index in [4.69, 9.17) is 10.1 Å². The summed E-state index contributed by atoms with van der Waals surface area (Å²) < 4.78 is 3.90. The zero-order chi connectivity index (χ0) is 17.9. The van der Waals surface area contributed by atoms with E-state index in [0.717, 1.165) is 46.7 Å². The number of anilines is 1. The van der Waals surface area contributed by atoms with Crippen LogP contribution in [0.2, 0.25) is 0 Å². The lowest BCUT2D eigenvalue weighted by Crippen LogP contribution is -2.15. The van der Waals surface area contributed by atoms with Crippen molar-refractivity contribution in [3.63, 3.8) is 0 Å². The summed E-state index contributed by atoms with van der Waals surface area (Å²) in [5.74, 6) is 1.71. The van der Waals surface area contributed by atoms with Crippen molar-refractivity contribution in [3.05, 3.63) is 24.2 Å². The van der Waals surface area contributed by atoms with Crippen molar-refractivity contribution in [3.8, 4) is 10.7 Å². The van der Waals surface area contributed by atoms with Crippen LogP contribution in [0.5, 0.6) is 0 Å². The maximum atomic E-state index is 4.87. The van der Waals surface area contributed by atoms with Crippen molar-refractivity contribution in [2.75, 3.05) is 11.9 Å². The normalized spacial score (nSPS) is 15.5. The average molecular weight is 373 g/mol. The van der Waals surface area contributed by atoms with Gasteiger partial charge in [0.25, 0.3) is 0 Å². The predicted octanol–water partition coefficient (Wildman–Crippen LogP) is 3.29. The summed E-state index contributed by atoms with van der Waals surface area (Å²) in [7, 11) is 0. The standard InChI is InChI=1S/C17H24N8S/c1-3-19-17-21-12(2)15(26-17)16-22-14(9-24-11-18-10-20-24)23-25(16)13-7-5-4-6-8-13/h10-11,13H,3-9H2,1-2H3,(H,19,21). The summed E-state index contributed by atoms with van der Waals surface area (Å²) >= 11 is 1.66. The molecule has 26 heavy (non-hydrogen) atoms. The average Bonchev–Trinajstić information content (AvgIpc) is 3.37. The summed E-state index contributed by atoms with van der Waals surface area (Å²) in [6, 6.07) is 0.417. The summed E-state index contributed by atoms with van der Waals surface area (Å²) in [5.41, 5.74) is 1.00. The Hall–Kier alpha value is -2.29. The van der Waals surface area contributed by atoms with Crippen molar-refractivity contribution < 1.29 is 0 Å². The molecule has 8 nitrogen and oxygen atoms in total. The van der Waals surface area contributed by atoms with Gasteiger partial charge in [-0.25, -0.2) is 24.3 Å². The first-order valence-electron chi connectivity index (χ1n) is 9.24. The first-order chi connectivity index (χ1) is 12.7. The lowest BCUT2D eigenvalue weighted by atomic mass is 9.95. The van der Waals surface area contributed by atoms with Crippen molar-refractivity contribution in [1.82, 2.24) is 34.5 Å². The van der Waals surface area contributed by atoms with E-state index in [1.54, 1.807) is 22.3 Å². The Balaban J connectivity index is 1.72. The highest BCUT2D eigenvalue weighted by Crippen LogP contribution is 2.36. The number of nitrogens with one attached hydrogen (secondary N) is 1. The number of nitrogens with zero attached hydrogens (tertiary/aromatic N) is 7. The number of aryl methyl sites for hydroxylation is 1. The summed E-state index contributed by atoms with van der Waals surface area (Å²) in [6.45, 7) is 5.52. The van der Waals surface area contributed by atoms with Gasteiger partial charge in [0.1, 0.15) is 19.2 Å². The molecule has 3 heterocycles. The number of thiazole rings is 1. The second kappa shape index (κ2) is 7.53. The van der Waals surface area contributed by atoms with Gasteiger partial charge in [-0.15, -0.1) is 0 Å². The van der Waals surface area contributed by atoms with E-state index in [1.807, 2.05) is 6.92 Å². The first-order valence-corrected chi connectivity index (χ1v) is 10.1. The maximum absolute atomic E-state index is 4.87. The third-order valence-corrected chi connectivity index (χ3v) is 5.80. The molecule has 0 radical (unpaired) electrons. The molecule has 3 aromatic rings. The lowest BCUT2D eigenvalue weighted by molar-refractivity contribution is 0.330. The second-order valence-corrected chi connectivity index (χ2v) is 7.64. The number of hydrogen-bond donors (Lipinski definition) is 1. The van der Waals surface area contributed by atoms with Crippen LogP contribution in [0.1, 0.15) is 56.6 Å². The molecule has 1 fully saturated rings. The topological polar surface area (TPSA) is 86.3 Å². The molecule has 0 aliphatic heterocycles. The smallest absolute Gasteiger partial charge is 0.183 e. The largest absolute Gasteiger partial charge is 0.362 e. The molecule has 0 amide bonds. The molecule has 0 atom stereocenters. The van der Waals surface area contributed by atoms with Crippen molar-refractivity contribution in [2.24, 2.45) is 0 Å². The molecular weight excluding hydrogens is 348 g/mol. The van der Waals surface area contributed by atoms with Crippen LogP contribution >= 0.6 is 11.3 Å². The van der Waals surface area contributed by atoms with E-state index in [0.29, 0.717) is 12.6 Å². The molecule has 0 unspecified atom stereocenters. The Bertz CT molecular complexity index is 844. The van der Waals surface area contributed by atoms with Crippen LogP contribution in [-0.4, -0.2) is 41.1 Å². The quantitative estimate of drug-likeness (QED) is 0.714. The highest BCUT2D eigenvalue weighted by atomic mass is 32.1. The predicted molar refractivity (Wildman–Crippen MR) is 101 cm³/mol. The van der Waals surface area contributed by atoms with Crippen LogP contribution in [0.3, 0.4) is 0 Å². The Morgan fingerprint density at radius 2 is 2.08 bits per heavy atom. The lowest BCUT2D eigenvalue weighted by Gasteiger charge is -2.22. The van der Waals surface area contributed by atoms with Gasteiger partial charge in [0.2, 0.25) is 0 Å². The molecule has 9 heteroatoms. The Morgan fingerprint density at radius 3 is 2.81 bits per heavy atom. The van der Waals surface area contributed by atoms with Gasteiger partial charge in [-0.2, -0.15) is 10.2 Å². The van der Waals surface area contributed by atoms with Crippen LogP contribution < -0.4 is 5.32 Å². The van der Waals surface area contributed by atoms with Gasteiger partial charge < -0.3 is 5.32 Å². The van der Waals surface area contributed by atoms with Crippen LogP contribution in [0.15, 0.2) is 12.7 Å². The molecule has 0 aromatic carbocycles. The number of rotatable bonds is 6. The first kappa shape index (κ1) is 17.1. The van der Waals surface area contributed by atoms with E-state index in [1.165, 1.54) is 25.6 Å². The van der Waals surface area contributed by atoms with Gasteiger partial charge in [-0.3, -0.25) is 0 Å². The maximum Gasteiger partial charge on any atom is 0.183 e. The summed E-state index contributed by atoms with van der Waals surface area (Å²) in [4.78, 5) is 14.6. The molecule has 138 valence electrons. The minimum absolute atomic E-state index is 0.417. The van der Waals surface area contributed by atoms with Crippen molar-refractivity contribution in [1.29, 1.82) is 0 Å². The molecule has 1 aliphatic rings. The van der Waals surface area contributed by atoms with E-state index in [2.05, 4.69) is 32.0 Å². The molecule has 1 aliphatic carbocycles. The Kier molecular flexibility index (Phi) is 4.96. The van der Waals surface area contributed by atoms with E-state index in [9.17, 15) is 0 Å². The van der Waals surface area contributed by atoms with Gasteiger partial charge in [-0.1, -0.05) is 30.6 Å². The van der Waals surface area contributed by atoms with Crippen molar-refractivity contribution >= 4 is 16.5 Å². The third-order valence-electron chi connectivity index (χ3n) is 4.69. The van der Waals surface area contributed by atoms with Gasteiger partial charge >= 0.3 is 0 Å². The van der Waals surface area contributed by atoms with Crippen LogP contribution in [0, 0.1) is 6.92 Å². The van der Waals surface area contributed by atoms with Gasteiger partial charge in [0.15, 0.2) is 16.8 Å². The minimum Gasteiger partial charge on any atom is -0.362 e. The third kappa shape index (κ3) is 3.48. The highest BCUT2D eigenvalue weighted by molar-refractivity contribution is 7.19. The zero-order valence-corrected chi connectivity index (χ0v) is 16.0. The van der Waals surface area contributed by atoms with E-state index >= 15 is 0 Å². The molecule has 3 aromatic heterocycles. The van der Waals surface area contributed by atoms with Gasteiger partial charge in [0.05, 0.1) is 16.6 Å². The fourth-order valence-corrected chi connectivity index (χ4v) is 4.48. The molecule has 0 saturated heterocycles. The SMILES string of the molecule is CCNc1nc(C)c(-c2nc(Cn3cncn3)nn2C2CCCCC2)s1. The Labute approximate surface area is 156 Å². The molecule has 4 rings (SSSR count). The number of aromatic nitrogens is 7. The van der Waals surface area contributed by atoms with Gasteiger partial charge in [0, 0.05) is 6.54 Å². The molecule has 0 bridgehead atoms. The Morgan fingerprint density at radius 1 is 1.23 bits per heavy atom.